The van der Waals surface area contributed by atoms with Gasteiger partial charge in [0.1, 0.15) is 17.4 Å². The number of carbonyl (C=O) groups is 1. The minimum atomic E-state index is -3.11. The van der Waals surface area contributed by atoms with Gasteiger partial charge in [0.2, 0.25) is 5.91 Å². The summed E-state index contributed by atoms with van der Waals surface area (Å²) < 4.78 is 52.7. The summed E-state index contributed by atoms with van der Waals surface area (Å²) in [5, 5.41) is 5.48. The molecular weight excluding hydrogens is 350 g/mol. The molecule has 1 heterocycles. The molecule has 2 rings (SSSR count). The highest BCUT2D eigenvalue weighted by molar-refractivity contribution is 6.32. The lowest BCUT2D eigenvalue weighted by atomic mass is 10.1. The van der Waals surface area contributed by atoms with Crippen molar-refractivity contribution in [1.29, 1.82) is 0 Å². The summed E-state index contributed by atoms with van der Waals surface area (Å²) in [6, 6.07) is -1.18. The largest absolute Gasteiger partial charge is 0.352 e. The molecule has 1 unspecified atom stereocenters. The summed E-state index contributed by atoms with van der Waals surface area (Å²) in [6.07, 6.45) is -0.368. The highest BCUT2D eigenvalue weighted by atomic mass is 35.5. The van der Waals surface area contributed by atoms with Crippen molar-refractivity contribution in [2.75, 3.05) is 0 Å². The van der Waals surface area contributed by atoms with Crippen LogP contribution in [0, 0.1) is 0 Å². The summed E-state index contributed by atoms with van der Waals surface area (Å²) in [5.74, 6) is -0.524. The zero-order valence-electron chi connectivity index (χ0n) is 13.2. The predicted molar refractivity (Wildman–Crippen MR) is 81.5 cm³/mol. The second kappa shape index (κ2) is 8.18. The summed E-state index contributed by atoms with van der Waals surface area (Å²) >= 11 is 5.61. The monoisotopic (exact) mass is 369 g/mol. The SMILES string of the molecule is CC(C(=O)NC1CCCCCC1)n1nc(C(F)F)c(Cl)c1C(F)F. The lowest BCUT2D eigenvalue weighted by Crippen LogP contribution is -2.39. The Morgan fingerprint density at radius 3 is 2.25 bits per heavy atom. The van der Waals surface area contributed by atoms with Gasteiger partial charge < -0.3 is 5.32 Å². The van der Waals surface area contributed by atoms with Gasteiger partial charge in [-0.2, -0.15) is 5.10 Å². The number of carbonyl (C=O) groups excluding carboxylic acids is 1. The van der Waals surface area contributed by atoms with Gasteiger partial charge in [-0.05, 0) is 19.8 Å². The Morgan fingerprint density at radius 2 is 1.75 bits per heavy atom. The topological polar surface area (TPSA) is 46.9 Å². The van der Waals surface area contributed by atoms with Crippen LogP contribution >= 0.6 is 11.6 Å². The molecular formula is C15H20ClF4N3O. The van der Waals surface area contributed by atoms with Crippen LogP contribution in [0.5, 0.6) is 0 Å². The van der Waals surface area contributed by atoms with E-state index in [1.54, 1.807) is 0 Å². The van der Waals surface area contributed by atoms with Gasteiger partial charge in [0.15, 0.2) is 0 Å². The first-order valence-electron chi connectivity index (χ1n) is 7.97. The Bertz CT molecular complexity index is 571. The molecule has 1 aromatic rings. The van der Waals surface area contributed by atoms with Crippen LogP contribution in [0.1, 0.15) is 75.7 Å². The van der Waals surface area contributed by atoms with Crippen molar-refractivity contribution in [2.45, 2.75) is 70.4 Å². The van der Waals surface area contributed by atoms with Gasteiger partial charge in [-0.25, -0.2) is 22.2 Å². The van der Waals surface area contributed by atoms with Gasteiger partial charge in [-0.3, -0.25) is 4.79 Å². The molecule has 1 saturated carbocycles. The molecule has 0 aromatic carbocycles. The van der Waals surface area contributed by atoms with E-state index in [1.165, 1.54) is 6.92 Å². The molecule has 1 atom stereocenters. The average molecular weight is 370 g/mol. The number of nitrogens with zero attached hydrogens (tertiary/aromatic N) is 2. The molecule has 0 aliphatic heterocycles. The van der Waals surface area contributed by atoms with Gasteiger partial charge in [0, 0.05) is 6.04 Å². The molecule has 0 spiro atoms. The van der Waals surface area contributed by atoms with Crippen molar-refractivity contribution < 1.29 is 22.4 Å². The van der Waals surface area contributed by atoms with Gasteiger partial charge in [0.05, 0.1) is 5.02 Å². The zero-order valence-corrected chi connectivity index (χ0v) is 14.0. The lowest BCUT2D eigenvalue weighted by molar-refractivity contribution is -0.125. The second-order valence-corrected chi connectivity index (χ2v) is 6.38. The molecule has 4 nitrogen and oxygen atoms in total. The second-order valence-electron chi connectivity index (χ2n) is 6.00. The van der Waals surface area contributed by atoms with Gasteiger partial charge in [-0.15, -0.1) is 0 Å². The third-order valence-corrected chi connectivity index (χ3v) is 4.66. The van der Waals surface area contributed by atoms with Gasteiger partial charge in [-0.1, -0.05) is 37.3 Å². The average Bonchev–Trinajstić information content (AvgIpc) is 2.68. The number of hydrogen-bond acceptors (Lipinski definition) is 2. The van der Waals surface area contributed by atoms with E-state index in [-0.39, 0.29) is 6.04 Å². The third kappa shape index (κ3) is 4.20. The maximum Gasteiger partial charge on any atom is 0.283 e. The van der Waals surface area contributed by atoms with E-state index in [1.807, 2.05) is 0 Å². The van der Waals surface area contributed by atoms with Crippen LogP contribution in [0.3, 0.4) is 0 Å². The standard InChI is InChI=1S/C15H20ClF4N3O/c1-8(15(24)21-9-6-4-2-3-5-7-9)23-12(14(19)20)10(16)11(22-23)13(17)18/h8-9,13-14H,2-7H2,1H3,(H,21,24). The first-order chi connectivity index (χ1) is 11.3. The Balaban J connectivity index is 2.19. The molecule has 1 aliphatic carbocycles. The summed E-state index contributed by atoms with van der Waals surface area (Å²) in [6.45, 7) is 1.34. The van der Waals surface area contributed by atoms with E-state index >= 15 is 0 Å². The first-order valence-corrected chi connectivity index (χ1v) is 8.35. The minimum absolute atomic E-state index is 0.0296. The Labute approximate surface area is 142 Å². The lowest BCUT2D eigenvalue weighted by Gasteiger charge is -2.21. The van der Waals surface area contributed by atoms with Crippen molar-refractivity contribution >= 4 is 17.5 Å². The van der Waals surface area contributed by atoms with E-state index in [4.69, 9.17) is 11.6 Å². The number of amides is 1. The molecule has 0 saturated heterocycles. The molecule has 0 radical (unpaired) electrons. The van der Waals surface area contributed by atoms with Crippen molar-refractivity contribution in [2.24, 2.45) is 0 Å². The summed E-state index contributed by atoms with van der Waals surface area (Å²) in [4.78, 5) is 12.3. The van der Waals surface area contributed by atoms with Crippen molar-refractivity contribution in [3.8, 4) is 0 Å². The molecule has 24 heavy (non-hydrogen) atoms. The maximum atomic E-state index is 13.2. The van der Waals surface area contributed by atoms with Crippen LogP contribution in [0.25, 0.3) is 0 Å². The fourth-order valence-corrected chi connectivity index (χ4v) is 3.22. The predicted octanol–water partition coefficient (Wildman–Crippen LogP) is 4.81. The van der Waals surface area contributed by atoms with Crippen LogP contribution in [0.2, 0.25) is 5.02 Å². The molecule has 1 aliphatic rings. The number of hydrogen-bond donors (Lipinski definition) is 1. The number of nitrogens with one attached hydrogen (secondary N) is 1. The van der Waals surface area contributed by atoms with Crippen LogP contribution in [0.4, 0.5) is 17.6 Å². The molecule has 0 bridgehead atoms. The molecule has 136 valence electrons. The fourth-order valence-electron chi connectivity index (χ4n) is 2.93. The normalized spacial score (nSPS) is 18.0. The van der Waals surface area contributed by atoms with Gasteiger partial charge in [0.25, 0.3) is 12.9 Å². The van der Waals surface area contributed by atoms with E-state index < -0.39 is 41.2 Å². The summed E-state index contributed by atoms with van der Waals surface area (Å²) in [5.41, 5.74) is -1.78. The highest BCUT2D eigenvalue weighted by Crippen LogP contribution is 2.36. The first kappa shape index (κ1) is 19.0. The zero-order chi connectivity index (χ0) is 17.9. The Morgan fingerprint density at radius 1 is 1.17 bits per heavy atom. The molecule has 1 amide bonds. The number of aromatic nitrogens is 2. The number of rotatable bonds is 5. The smallest absolute Gasteiger partial charge is 0.283 e. The maximum absolute atomic E-state index is 13.2. The van der Waals surface area contributed by atoms with Crippen LogP contribution in [-0.4, -0.2) is 21.7 Å². The Hall–Kier alpha value is -1.31. The third-order valence-electron chi connectivity index (χ3n) is 4.27. The van der Waals surface area contributed by atoms with Crippen LogP contribution in [-0.2, 0) is 4.79 Å². The van der Waals surface area contributed by atoms with Crippen molar-refractivity contribution in [1.82, 2.24) is 15.1 Å². The molecule has 1 fully saturated rings. The molecule has 9 heteroatoms. The van der Waals surface area contributed by atoms with E-state index in [0.29, 0.717) is 4.68 Å². The molecule has 1 aromatic heterocycles. The number of alkyl halides is 4. The van der Waals surface area contributed by atoms with E-state index in [9.17, 15) is 22.4 Å². The Kier molecular flexibility index (Phi) is 6.48. The van der Waals surface area contributed by atoms with E-state index in [2.05, 4.69) is 10.4 Å². The van der Waals surface area contributed by atoms with Gasteiger partial charge >= 0.3 is 0 Å². The van der Waals surface area contributed by atoms with Crippen molar-refractivity contribution in [3.63, 3.8) is 0 Å². The fraction of sp³-hybridized carbons (Fsp3) is 0.733. The summed E-state index contributed by atoms with van der Waals surface area (Å²) in [7, 11) is 0. The highest BCUT2D eigenvalue weighted by Gasteiger charge is 2.32. The quantitative estimate of drug-likeness (QED) is 0.598. The van der Waals surface area contributed by atoms with Crippen LogP contribution < -0.4 is 5.32 Å². The van der Waals surface area contributed by atoms with E-state index in [0.717, 1.165) is 38.5 Å². The number of halogens is 5. The van der Waals surface area contributed by atoms with Crippen molar-refractivity contribution in [3.05, 3.63) is 16.4 Å². The van der Waals surface area contributed by atoms with Crippen LogP contribution in [0.15, 0.2) is 0 Å². The molecule has 1 N–H and O–H groups in total. The minimum Gasteiger partial charge on any atom is -0.352 e.